The van der Waals surface area contributed by atoms with Crippen molar-refractivity contribution in [3.05, 3.63) is 53.5 Å². The summed E-state index contributed by atoms with van der Waals surface area (Å²) in [6.07, 6.45) is 1.68. The van der Waals surface area contributed by atoms with E-state index in [0.29, 0.717) is 17.1 Å². The first-order chi connectivity index (χ1) is 12.0. The van der Waals surface area contributed by atoms with Gasteiger partial charge in [0, 0.05) is 12.7 Å². The number of aromatic amines is 1. The van der Waals surface area contributed by atoms with Crippen LogP contribution < -0.4 is 10.6 Å². The normalized spacial score (nSPS) is 10.5. The Hall–Kier alpha value is -3.42. The maximum atomic E-state index is 11.9. The topological polar surface area (TPSA) is 113 Å². The summed E-state index contributed by atoms with van der Waals surface area (Å²) >= 11 is 0. The molecule has 3 aromatic rings. The molecule has 8 heteroatoms. The van der Waals surface area contributed by atoms with Crippen molar-refractivity contribution < 1.29 is 14.1 Å². The van der Waals surface area contributed by atoms with Gasteiger partial charge in [0.05, 0.1) is 5.69 Å². The fourth-order valence-corrected chi connectivity index (χ4v) is 2.31. The zero-order valence-corrected chi connectivity index (χ0v) is 13.8. The average Bonchev–Trinajstić information content (AvgIpc) is 3.26. The summed E-state index contributed by atoms with van der Waals surface area (Å²) in [5.41, 5.74) is 3.72. The fraction of sp³-hybridized carbons (Fsp3) is 0.176. The van der Waals surface area contributed by atoms with Gasteiger partial charge in [-0.15, -0.1) is 0 Å². The van der Waals surface area contributed by atoms with Crippen LogP contribution in [0, 0.1) is 13.8 Å². The van der Waals surface area contributed by atoms with Gasteiger partial charge in [0.25, 0.3) is 0 Å². The number of hydrogen-bond donors (Lipinski definition) is 3. The third-order valence-electron chi connectivity index (χ3n) is 3.70. The molecule has 8 nitrogen and oxygen atoms in total. The molecule has 0 atom stereocenters. The van der Waals surface area contributed by atoms with Gasteiger partial charge in [0.15, 0.2) is 5.76 Å². The van der Waals surface area contributed by atoms with E-state index in [0.717, 1.165) is 16.8 Å². The molecule has 2 aromatic heterocycles. The Morgan fingerprint density at radius 2 is 1.88 bits per heavy atom. The predicted molar refractivity (Wildman–Crippen MR) is 90.5 cm³/mol. The molecule has 0 aliphatic carbocycles. The molecule has 0 saturated carbocycles. The summed E-state index contributed by atoms with van der Waals surface area (Å²) in [6.45, 7) is 3.59. The van der Waals surface area contributed by atoms with Crippen molar-refractivity contribution in [2.75, 3.05) is 5.32 Å². The Morgan fingerprint density at radius 1 is 1.12 bits per heavy atom. The lowest BCUT2D eigenvalue weighted by Crippen LogP contribution is -2.35. The quantitative estimate of drug-likeness (QED) is 0.629. The van der Waals surface area contributed by atoms with Crippen molar-refractivity contribution in [1.29, 1.82) is 0 Å². The summed E-state index contributed by atoms with van der Waals surface area (Å²) in [5, 5.41) is 15.6. The molecule has 0 saturated heterocycles. The molecule has 2 heterocycles. The Bertz CT molecular complexity index is 862. The SMILES string of the molecule is Cc1noc(C)c1NC(=O)C(=O)NCc1ccc(-c2ccn[nH]2)cc1. The summed E-state index contributed by atoms with van der Waals surface area (Å²) < 4.78 is 4.94. The first kappa shape index (κ1) is 16.4. The Labute approximate surface area is 143 Å². The number of hydrogen-bond acceptors (Lipinski definition) is 5. The molecule has 128 valence electrons. The van der Waals surface area contributed by atoms with E-state index in [9.17, 15) is 9.59 Å². The van der Waals surface area contributed by atoms with Crippen LogP contribution in [0.2, 0.25) is 0 Å². The van der Waals surface area contributed by atoms with Crippen molar-refractivity contribution >= 4 is 17.5 Å². The van der Waals surface area contributed by atoms with Crippen molar-refractivity contribution in [3.63, 3.8) is 0 Å². The number of aromatic nitrogens is 3. The standard InChI is InChI=1S/C17H17N5O3/c1-10-15(11(2)25-22-10)20-17(24)16(23)18-9-12-3-5-13(6-4-12)14-7-8-19-21-14/h3-8H,9H2,1-2H3,(H,18,23)(H,19,21)(H,20,24). The number of anilines is 1. The summed E-state index contributed by atoms with van der Waals surface area (Å²) in [5.74, 6) is -1.03. The Kier molecular flexibility index (Phi) is 4.60. The van der Waals surface area contributed by atoms with Gasteiger partial charge < -0.3 is 15.2 Å². The molecular formula is C17H17N5O3. The highest BCUT2D eigenvalue weighted by Crippen LogP contribution is 2.18. The zero-order chi connectivity index (χ0) is 17.8. The van der Waals surface area contributed by atoms with Gasteiger partial charge in [-0.05, 0) is 31.0 Å². The van der Waals surface area contributed by atoms with Gasteiger partial charge in [0.1, 0.15) is 11.4 Å². The largest absolute Gasteiger partial charge is 0.359 e. The van der Waals surface area contributed by atoms with Crippen LogP contribution in [0.25, 0.3) is 11.3 Å². The molecule has 0 radical (unpaired) electrons. The summed E-state index contributed by atoms with van der Waals surface area (Å²) in [6, 6.07) is 9.46. The second kappa shape index (κ2) is 7.00. The minimum atomic E-state index is -0.761. The third-order valence-corrected chi connectivity index (χ3v) is 3.70. The molecule has 0 fully saturated rings. The maximum Gasteiger partial charge on any atom is 0.313 e. The van der Waals surface area contributed by atoms with Crippen molar-refractivity contribution in [1.82, 2.24) is 20.7 Å². The molecule has 0 unspecified atom stereocenters. The van der Waals surface area contributed by atoms with Crippen LogP contribution in [0.15, 0.2) is 41.1 Å². The average molecular weight is 339 g/mol. The van der Waals surface area contributed by atoms with Gasteiger partial charge in [-0.3, -0.25) is 14.7 Å². The molecule has 3 N–H and O–H groups in total. The van der Waals surface area contributed by atoms with E-state index in [2.05, 4.69) is 26.0 Å². The molecule has 1 aromatic carbocycles. The smallest absolute Gasteiger partial charge is 0.313 e. The van der Waals surface area contributed by atoms with Crippen LogP contribution in [-0.2, 0) is 16.1 Å². The first-order valence-corrected chi connectivity index (χ1v) is 7.65. The van der Waals surface area contributed by atoms with Gasteiger partial charge in [-0.25, -0.2) is 0 Å². The third kappa shape index (κ3) is 3.74. The molecule has 2 amide bonds. The number of carbonyl (C=O) groups is 2. The lowest BCUT2D eigenvalue weighted by Gasteiger charge is -2.07. The monoisotopic (exact) mass is 339 g/mol. The number of aryl methyl sites for hydroxylation is 2. The Balaban J connectivity index is 1.56. The minimum Gasteiger partial charge on any atom is -0.359 e. The summed E-state index contributed by atoms with van der Waals surface area (Å²) in [4.78, 5) is 23.9. The molecule has 0 aliphatic heterocycles. The van der Waals surface area contributed by atoms with E-state index < -0.39 is 11.8 Å². The van der Waals surface area contributed by atoms with E-state index in [1.807, 2.05) is 30.3 Å². The van der Waals surface area contributed by atoms with E-state index >= 15 is 0 Å². The molecule has 0 aliphatic rings. The van der Waals surface area contributed by atoms with Gasteiger partial charge >= 0.3 is 11.8 Å². The second-order valence-electron chi connectivity index (χ2n) is 5.50. The minimum absolute atomic E-state index is 0.247. The van der Waals surface area contributed by atoms with Gasteiger partial charge in [0.2, 0.25) is 0 Å². The highest BCUT2D eigenvalue weighted by molar-refractivity contribution is 6.39. The number of rotatable bonds is 4. The van der Waals surface area contributed by atoms with Crippen LogP contribution in [-0.4, -0.2) is 27.2 Å². The van der Waals surface area contributed by atoms with Gasteiger partial charge in [-0.2, -0.15) is 5.10 Å². The van der Waals surface area contributed by atoms with Crippen LogP contribution >= 0.6 is 0 Å². The maximum absolute atomic E-state index is 11.9. The van der Waals surface area contributed by atoms with Gasteiger partial charge in [-0.1, -0.05) is 29.4 Å². The van der Waals surface area contributed by atoms with E-state index in [4.69, 9.17) is 4.52 Å². The lowest BCUT2D eigenvalue weighted by atomic mass is 10.1. The van der Waals surface area contributed by atoms with E-state index in [-0.39, 0.29) is 6.54 Å². The summed E-state index contributed by atoms with van der Waals surface area (Å²) in [7, 11) is 0. The van der Waals surface area contributed by atoms with Crippen molar-refractivity contribution in [3.8, 4) is 11.3 Å². The Morgan fingerprint density at radius 3 is 2.48 bits per heavy atom. The predicted octanol–water partition coefficient (Wildman–Crippen LogP) is 1.94. The van der Waals surface area contributed by atoms with Crippen LogP contribution in [0.1, 0.15) is 17.0 Å². The second-order valence-corrected chi connectivity index (χ2v) is 5.50. The van der Waals surface area contributed by atoms with E-state index in [1.165, 1.54) is 0 Å². The molecule has 3 rings (SSSR count). The number of nitrogens with one attached hydrogen (secondary N) is 3. The lowest BCUT2D eigenvalue weighted by molar-refractivity contribution is -0.136. The molecular weight excluding hydrogens is 322 g/mol. The number of amides is 2. The molecule has 25 heavy (non-hydrogen) atoms. The number of carbonyl (C=O) groups excluding carboxylic acids is 2. The fourth-order valence-electron chi connectivity index (χ4n) is 2.31. The van der Waals surface area contributed by atoms with Crippen LogP contribution in [0.3, 0.4) is 0 Å². The molecule has 0 bridgehead atoms. The number of H-pyrrole nitrogens is 1. The highest BCUT2D eigenvalue weighted by atomic mass is 16.5. The zero-order valence-electron chi connectivity index (χ0n) is 13.8. The van der Waals surface area contributed by atoms with E-state index in [1.54, 1.807) is 20.0 Å². The number of nitrogens with zero attached hydrogens (tertiary/aromatic N) is 2. The first-order valence-electron chi connectivity index (χ1n) is 7.65. The number of benzene rings is 1. The van der Waals surface area contributed by atoms with Crippen molar-refractivity contribution in [2.24, 2.45) is 0 Å². The van der Waals surface area contributed by atoms with Crippen LogP contribution in [0.5, 0.6) is 0 Å². The van der Waals surface area contributed by atoms with Crippen LogP contribution in [0.4, 0.5) is 5.69 Å². The van der Waals surface area contributed by atoms with Crippen molar-refractivity contribution in [2.45, 2.75) is 20.4 Å². The highest BCUT2D eigenvalue weighted by Gasteiger charge is 2.18. The molecule has 0 spiro atoms.